The molecular formula is C14H22N2O3. The van der Waals surface area contributed by atoms with E-state index in [0.717, 1.165) is 18.5 Å². The molecule has 1 N–H and O–H groups in total. The predicted octanol–water partition coefficient (Wildman–Crippen LogP) is 3.84. The molecule has 0 saturated carbocycles. The number of nitrogens with zero attached hydrogens (tertiary/aromatic N) is 1. The molecular weight excluding hydrogens is 244 g/mol. The zero-order valence-corrected chi connectivity index (χ0v) is 12.0. The lowest BCUT2D eigenvalue weighted by atomic mass is 10.0. The summed E-state index contributed by atoms with van der Waals surface area (Å²) in [6.07, 6.45) is 2.16. The van der Waals surface area contributed by atoms with Gasteiger partial charge in [0, 0.05) is 23.9 Å². The summed E-state index contributed by atoms with van der Waals surface area (Å²) in [7, 11) is 1.50. The lowest BCUT2D eigenvalue weighted by molar-refractivity contribution is -0.384. The molecule has 0 radical (unpaired) electrons. The van der Waals surface area contributed by atoms with E-state index in [9.17, 15) is 10.1 Å². The maximum atomic E-state index is 10.8. The van der Waals surface area contributed by atoms with Crippen molar-refractivity contribution in [2.24, 2.45) is 5.92 Å². The molecule has 0 aliphatic rings. The summed E-state index contributed by atoms with van der Waals surface area (Å²) in [4.78, 5) is 10.4. The van der Waals surface area contributed by atoms with Crippen molar-refractivity contribution in [2.75, 3.05) is 12.4 Å². The van der Waals surface area contributed by atoms with Crippen molar-refractivity contribution in [3.8, 4) is 5.75 Å². The van der Waals surface area contributed by atoms with E-state index >= 15 is 0 Å². The number of nitro groups is 1. The van der Waals surface area contributed by atoms with Crippen LogP contribution in [0.5, 0.6) is 5.75 Å². The van der Waals surface area contributed by atoms with E-state index in [2.05, 4.69) is 26.1 Å². The Balaban J connectivity index is 2.76. The van der Waals surface area contributed by atoms with Crippen LogP contribution in [-0.4, -0.2) is 18.1 Å². The van der Waals surface area contributed by atoms with Crippen molar-refractivity contribution in [1.82, 2.24) is 0 Å². The van der Waals surface area contributed by atoms with Crippen molar-refractivity contribution < 1.29 is 9.66 Å². The molecule has 106 valence electrons. The second kappa shape index (κ2) is 6.97. The number of methoxy groups -OCH3 is 1. The fourth-order valence-corrected chi connectivity index (χ4v) is 1.83. The van der Waals surface area contributed by atoms with E-state index in [0.29, 0.717) is 11.7 Å². The fourth-order valence-electron chi connectivity index (χ4n) is 1.83. The zero-order valence-electron chi connectivity index (χ0n) is 12.0. The fraction of sp³-hybridized carbons (Fsp3) is 0.571. The molecule has 5 heteroatoms. The van der Waals surface area contributed by atoms with E-state index in [1.807, 2.05) is 0 Å². The highest BCUT2D eigenvalue weighted by atomic mass is 16.6. The Labute approximate surface area is 114 Å². The van der Waals surface area contributed by atoms with Gasteiger partial charge in [-0.25, -0.2) is 0 Å². The quantitative estimate of drug-likeness (QED) is 0.601. The number of anilines is 1. The molecule has 1 rings (SSSR count). The second-order valence-corrected chi connectivity index (χ2v) is 5.19. The Bertz CT molecular complexity index is 433. The minimum absolute atomic E-state index is 0.0397. The maximum absolute atomic E-state index is 10.8. The van der Waals surface area contributed by atoms with Crippen molar-refractivity contribution >= 4 is 11.4 Å². The number of non-ortho nitro benzene ring substituents is 1. The average molecular weight is 266 g/mol. The van der Waals surface area contributed by atoms with Crippen molar-refractivity contribution in [1.29, 1.82) is 0 Å². The molecule has 0 amide bonds. The molecule has 0 spiro atoms. The Morgan fingerprint density at radius 1 is 1.26 bits per heavy atom. The van der Waals surface area contributed by atoms with Gasteiger partial charge in [0.1, 0.15) is 5.75 Å². The number of hydrogen-bond acceptors (Lipinski definition) is 4. The first kappa shape index (κ1) is 15.3. The molecule has 0 bridgehead atoms. The number of nitro benzene ring substituents is 1. The Hall–Kier alpha value is -1.78. The van der Waals surface area contributed by atoms with Crippen molar-refractivity contribution in [3.05, 3.63) is 28.3 Å². The summed E-state index contributed by atoms with van der Waals surface area (Å²) in [5.74, 6) is 1.15. The minimum atomic E-state index is -0.410. The predicted molar refractivity (Wildman–Crippen MR) is 76.8 cm³/mol. The number of ether oxygens (including phenoxy) is 1. The summed E-state index contributed by atoms with van der Waals surface area (Å²) in [6, 6.07) is 5.01. The lowest BCUT2D eigenvalue weighted by Crippen LogP contribution is -2.16. The van der Waals surface area contributed by atoms with Gasteiger partial charge in [-0.15, -0.1) is 0 Å². The molecule has 0 heterocycles. The second-order valence-electron chi connectivity index (χ2n) is 5.19. The van der Waals surface area contributed by atoms with E-state index < -0.39 is 4.92 Å². The summed E-state index contributed by atoms with van der Waals surface area (Å²) in [5.41, 5.74) is 0.764. The first-order chi connectivity index (χ1) is 8.92. The van der Waals surface area contributed by atoms with Crippen molar-refractivity contribution in [2.45, 2.75) is 39.7 Å². The van der Waals surface area contributed by atoms with Gasteiger partial charge in [0.25, 0.3) is 5.69 Å². The first-order valence-electron chi connectivity index (χ1n) is 6.52. The van der Waals surface area contributed by atoms with Crippen LogP contribution in [0.15, 0.2) is 18.2 Å². The van der Waals surface area contributed by atoms with Crippen LogP contribution in [-0.2, 0) is 0 Å². The standard InChI is InChI=1S/C14H22N2O3/c1-10(2)5-6-11(3)15-12-7-13(16(17)18)9-14(8-12)19-4/h7-11,15H,5-6H2,1-4H3. The molecule has 0 aliphatic heterocycles. The smallest absolute Gasteiger partial charge is 0.275 e. The topological polar surface area (TPSA) is 64.4 Å². The summed E-state index contributed by atoms with van der Waals surface area (Å²) < 4.78 is 5.08. The average Bonchev–Trinajstić information content (AvgIpc) is 2.35. The number of rotatable bonds is 7. The van der Waals surface area contributed by atoms with Crippen LogP contribution in [0, 0.1) is 16.0 Å². The van der Waals surface area contributed by atoms with Gasteiger partial charge < -0.3 is 10.1 Å². The molecule has 0 fully saturated rings. The van der Waals surface area contributed by atoms with Crippen LogP contribution in [0.3, 0.4) is 0 Å². The molecule has 0 aromatic heterocycles. The first-order valence-corrected chi connectivity index (χ1v) is 6.52. The van der Waals surface area contributed by atoms with Gasteiger partial charge in [0.2, 0.25) is 0 Å². The Kier molecular flexibility index (Phi) is 5.60. The molecule has 0 saturated heterocycles. The van der Waals surface area contributed by atoms with Gasteiger partial charge in [0.15, 0.2) is 0 Å². The Morgan fingerprint density at radius 2 is 1.95 bits per heavy atom. The van der Waals surface area contributed by atoms with Gasteiger partial charge >= 0.3 is 0 Å². The molecule has 0 aliphatic carbocycles. The van der Waals surface area contributed by atoms with Crippen LogP contribution in [0.4, 0.5) is 11.4 Å². The van der Waals surface area contributed by atoms with Gasteiger partial charge in [-0.3, -0.25) is 10.1 Å². The number of hydrogen-bond donors (Lipinski definition) is 1. The molecule has 1 unspecified atom stereocenters. The third-order valence-electron chi connectivity index (χ3n) is 2.93. The van der Waals surface area contributed by atoms with Crippen LogP contribution >= 0.6 is 0 Å². The molecule has 1 aromatic rings. The molecule has 1 atom stereocenters. The highest BCUT2D eigenvalue weighted by Crippen LogP contribution is 2.26. The molecule has 5 nitrogen and oxygen atoms in total. The lowest BCUT2D eigenvalue weighted by Gasteiger charge is -2.16. The van der Waals surface area contributed by atoms with Crippen LogP contribution in [0.1, 0.15) is 33.6 Å². The van der Waals surface area contributed by atoms with Crippen molar-refractivity contribution in [3.63, 3.8) is 0 Å². The normalized spacial score (nSPS) is 12.3. The minimum Gasteiger partial charge on any atom is -0.496 e. The molecule has 19 heavy (non-hydrogen) atoms. The van der Waals surface area contributed by atoms with Crippen LogP contribution in [0.25, 0.3) is 0 Å². The van der Waals surface area contributed by atoms with Crippen LogP contribution < -0.4 is 10.1 Å². The number of nitrogens with one attached hydrogen (secondary N) is 1. The highest BCUT2D eigenvalue weighted by Gasteiger charge is 2.12. The van der Waals surface area contributed by atoms with E-state index in [-0.39, 0.29) is 11.7 Å². The van der Waals surface area contributed by atoms with Crippen LogP contribution in [0.2, 0.25) is 0 Å². The summed E-state index contributed by atoms with van der Waals surface area (Å²) >= 11 is 0. The largest absolute Gasteiger partial charge is 0.496 e. The van der Waals surface area contributed by atoms with E-state index in [1.54, 1.807) is 6.07 Å². The van der Waals surface area contributed by atoms with E-state index in [4.69, 9.17) is 4.74 Å². The monoisotopic (exact) mass is 266 g/mol. The summed E-state index contributed by atoms with van der Waals surface area (Å²) in [6.45, 7) is 6.44. The zero-order chi connectivity index (χ0) is 14.4. The maximum Gasteiger partial charge on any atom is 0.275 e. The summed E-state index contributed by atoms with van der Waals surface area (Å²) in [5, 5.41) is 14.1. The van der Waals surface area contributed by atoms with E-state index in [1.165, 1.54) is 19.2 Å². The van der Waals surface area contributed by atoms with Gasteiger partial charge in [-0.1, -0.05) is 13.8 Å². The third kappa shape index (κ3) is 5.16. The Morgan fingerprint density at radius 3 is 2.47 bits per heavy atom. The van der Waals surface area contributed by atoms with Gasteiger partial charge in [-0.2, -0.15) is 0 Å². The molecule has 1 aromatic carbocycles. The van der Waals surface area contributed by atoms with Gasteiger partial charge in [0.05, 0.1) is 18.1 Å². The SMILES string of the molecule is COc1cc(NC(C)CCC(C)C)cc([N+](=O)[O-])c1. The number of benzene rings is 1. The van der Waals surface area contributed by atoms with Gasteiger partial charge in [-0.05, 0) is 25.7 Å². The highest BCUT2D eigenvalue weighted by molar-refractivity contribution is 5.56. The third-order valence-corrected chi connectivity index (χ3v) is 2.93.